The minimum atomic E-state index is -0.450. The SMILES string of the molecule is CC(C)(C)OC(=O)N1CCC(NCc2ccc(F)cc2)CC1. The Hall–Kier alpha value is -1.62. The number of hydrogen-bond donors (Lipinski definition) is 1. The highest BCUT2D eigenvalue weighted by Crippen LogP contribution is 2.16. The summed E-state index contributed by atoms with van der Waals surface area (Å²) in [5.41, 5.74) is 0.616. The van der Waals surface area contributed by atoms with Crippen LogP contribution < -0.4 is 5.32 Å². The third-order valence-electron chi connectivity index (χ3n) is 3.65. The van der Waals surface area contributed by atoms with Gasteiger partial charge in [-0.15, -0.1) is 0 Å². The summed E-state index contributed by atoms with van der Waals surface area (Å²) in [5, 5.41) is 3.46. The van der Waals surface area contributed by atoms with E-state index in [-0.39, 0.29) is 11.9 Å². The lowest BCUT2D eigenvalue weighted by molar-refractivity contribution is 0.0198. The molecule has 2 rings (SSSR count). The first-order valence-corrected chi connectivity index (χ1v) is 7.79. The van der Waals surface area contributed by atoms with Crippen LogP contribution in [0.25, 0.3) is 0 Å². The second-order valence-electron chi connectivity index (χ2n) is 6.75. The van der Waals surface area contributed by atoms with Gasteiger partial charge in [-0.05, 0) is 51.3 Å². The molecule has 1 N–H and O–H groups in total. The van der Waals surface area contributed by atoms with Gasteiger partial charge >= 0.3 is 6.09 Å². The van der Waals surface area contributed by atoms with E-state index >= 15 is 0 Å². The molecule has 1 saturated heterocycles. The first-order valence-electron chi connectivity index (χ1n) is 7.79. The maximum atomic E-state index is 12.8. The fraction of sp³-hybridized carbons (Fsp3) is 0.588. The van der Waals surface area contributed by atoms with E-state index in [1.54, 1.807) is 17.0 Å². The fourth-order valence-corrected chi connectivity index (χ4v) is 2.46. The quantitative estimate of drug-likeness (QED) is 0.931. The number of rotatable bonds is 3. The number of ether oxygens (including phenoxy) is 1. The van der Waals surface area contributed by atoms with Crippen molar-refractivity contribution in [2.45, 2.75) is 51.8 Å². The first kappa shape index (κ1) is 16.7. The highest BCUT2D eigenvalue weighted by molar-refractivity contribution is 5.68. The molecule has 0 radical (unpaired) electrons. The standard InChI is InChI=1S/C17H25FN2O2/c1-17(2,3)22-16(21)20-10-8-15(9-11-20)19-12-13-4-6-14(18)7-5-13/h4-7,15,19H,8-12H2,1-3H3. The van der Waals surface area contributed by atoms with Crippen molar-refractivity contribution in [1.82, 2.24) is 10.2 Å². The lowest BCUT2D eigenvalue weighted by atomic mass is 10.0. The lowest BCUT2D eigenvalue weighted by Gasteiger charge is -2.33. The van der Waals surface area contributed by atoms with Crippen LogP contribution in [0.2, 0.25) is 0 Å². The molecular weight excluding hydrogens is 283 g/mol. The third kappa shape index (κ3) is 5.30. The van der Waals surface area contributed by atoms with Crippen LogP contribution in [0, 0.1) is 5.82 Å². The molecule has 5 heteroatoms. The van der Waals surface area contributed by atoms with Crippen LogP contribution in [0.15, 0.2) is 24.3 Å². The Balaban J connectivity index is 1.73. The molecule has 0 spiro atoms. The van der Waals surface area contributed by atoms with Crippen LogP contribution in [0.4, 0.5) is 9.18 Å². The van der Waals surface area contributed by atoms with E-state index in [1.807, 2.05) is 20.8 Å². The molecule has 1 aromatic carbocycles. The molecule has 1 aromatic rings. The monoisotopic (exact) mass is 308 g/mol. The van der Waals surface area contributed by atoms with Crippen molar-refractivity contribution in [3.05, 3.63) is 35.6 Å². The molecule has 0 aliphatic carbocycles. The molecule has 0 bridgehead atoms. The fourth-order valence-electron chi connectivity index (χ4n) is 2.46. The summed E-state index contributed by atoms with van der Waals surface area (Å²) in [6.45, 7) is 7.76. The molecule has 4 nitrogen and oxygen atoms in total. The van der Waals surface area contributed by atoms with Crippen molar-refractivity contribution >= 4 is 6.09 Å². The Morgan fingerprint density at radius 2 is 1.86 bits per heavy atom. The maximum Gasteiger partial charge on any atom is 0.410 e. The van der Waals surface area contributed by atoms with Crippen LogP contribution >= 0.6 is 0 Å². The van der Waals surface area contributed by atoms with Gasteiger partial charge in [0.05, 0.1) is 0 Å². The Labute approximate surface area is 131 Å². The number of carbonyl (C=O) groups excluding carboxylic acids is 1. The van der Waals surface area contributed by atoms with Crippen molar-refractivity contribution < 1.29 is 13.9 Å². The summed E-state index contributed by atoms with van der Waals surface area (Å²) in [5.74, 6) is -0.214. The topological polar surface area (TPSA) is 41.6 Å². The molecule has 1 amide bonds. The maximum absolute atomic E-state index is 12.8. The molecule has 0 saturated carbocycles. The van der Waals surface area contributed by atoms with Crippen molar-refractivity contribution in [3.63, 3.8) is 0 Å². The molecule has 0 unspecified atom stereocenters. The average molecular weight is 308 g/mol. The highest BCUT2D eigenvalue weighted by atomic mass is 19.1. The van der Waals surface area contributed by atoms with Crippen molar-refractivity contribution in [1.29, 1.82) is 0 Å². The number of amides is 1. The normalized spacial score (nSPS) is 16.6. The van der Waals surface area contributed by atoms with Gasteiger partial charge in [-0.1, -0.05) is 12.1 Å². The second-order valence-corrected chi connectivity index (χ2v) is 6.75. The van der Waals surface area contributed by atoms with E-state index in [4.69, 9.17) is 4.74 Å². The van der Waals surface area contributed by atoms with Gasteiger partial charge in [-0.25, -0.2) is 9.18 Å². The van der Waals surface area contributed by atoms with Crippen molar-refractivity contribution in [2.24, 2.45) is 0 Å². The van der Waals surface area contributed by atoms with E-state index in [1.165, 1.54) is 12.1 Å². The van der Waals surface area contributed by atoms with E-state index in [0.29, 0.717) is 19.1 Å². The van der Waals surface area contributed by atoms with Crippen LogP contribution in [-0.2, 0) is 11.3 Å². The number of benzene rings is 1. The summed E-state index contributed by atoms with van der Waals surface area (Å²) in [4.78, 5) is 13.7. The molecule has 0 aromatic heterocycles. The number of halogens is 1. The molecular formula is C17H25FN2O2. The molecule has 122 valence electrons. The van der Waals surface area contributed by atoms with E-state index in [9.17, 15) is 9.18 Å². The van der Waals surface area contributed by atoms with Gasteiger partial charge in [0.2, 0.25) is 0 Å². The zero-order valence-electron chi connectivity index (χ0n) is 13.6. The summed E-state index contributed by atoms with van der Waals surface area (Å²) >= 11 is 0. The van der Waals surface area contributed by atoms with Gasteiger partial charge in [0.15, 0.2) is 0 Å². The summed E-state index contributed by atoms with van der Waals surface area (Å²) in [6.07, 6.45) is 1.57. The lowest BCUT2D eigenvalue weighted by Crippen LogP contribution is -2.46. The Kier molecular flexibility index (Phi) is 5.40. The molecule has 1 aliphatic heterocycles. The van der Waals surface area contributed by atoms with E-state index < -0.39 is 5.60 Å². The van der Waals surface area contributed by atoms with Crippen LogP contribution in [-0.4, -0.2) is 35.7 Å². The molecule has 1 fully saturated rings. The number of likely N-dealkylation sites (tertiary alicyclic amines) is 1. The molecule has 0 atom stereocenters. The number of nitrogens with one attached hydrogen (secondary N) is 1. The number of piperidine rings is 1. The summed E-state index contributed by atoms with van der Waals surface area (Å²) in [6, 6.07) is 6.91. The summed E-state index contributed by atoms with van der Waals surface area (Å²) in [7, 11) is 0. The number of hydrogen-bond acceptors (Lipinski definition) is 3. The second kappa shape index (κ2) is 7.09. The van der Waals surface area contributed by atoms with Gasteiger partial charge in [0.1, 0.15) is 11.4 Å². The Bertz CT molecular complexity index is 488. The van der Waals surface area contributed by atoms with Gasteiger partial charge < -0.3 is 15.0 Å². The smallest absolute Gasteiger partial charge is 0.410 e. The van der Waals surface area contributed by atoms with E-state index in [2.05, 4.69) is 5.32 Å². The van der Waals surface area contributed by atoms with Crippen LogP contribution in [0.5, 0.6) is 0 Å². The zero-order valence-corrected chi connectivity index (χ0v) is 13.6. The largest absolute Gasteiger partial charge is 0.444 e. The van der Waals surface area contributed by atoms with Crippen molar-refractivity contribution in [2.75, 3.05) is 13.1 Å². The molecule has 1 aliphatic rings. The van der Waals surface area contributed by atoms with Gasteiger partial charge in [0.25, 0.3) is 0 Å². The van der Waals surface area contributed by atoms with Gasteiger partial charge in [-0.2, -0.15) is 0 Å². The highest BCUT2D eigenvalue weighted by Gasteiger charge is 2.26. The minimum Gasteiger partial charge on any atom is -0.444 e. The van der Waals surface area contributed by atoms with E-state index in [0.717, 1.165) is 24.9 Å². The summed E-state index contributed by atoms with van der Waals surface area (Å²) < 4.78 is 18.2. The first-order chi connectivity index (χ1) is 10.3. The Morgan fingerprint density at radius 3 is 2.41 bits per heavy atom. The molecule has 1 heterocycles. The molecule has 22 heavy (non-hydrogen) atoms. The predicted molar refractivity (Wildman–Crippen MR) is 84.1 cm³/mol. The average Bonchev–Trinajstić information content (AvgIpc) is 2.45. The Morgan fingerprint density at radius 1 is 1.27 bits per heavy atom. The van der Waals surface area contributed by atoms with Crippen molar-refractivity contribution in [3.8, 4) is 0 Å². The van der Waals surface area contributed by atoms with Gasteiger partial charge in [-0.3, -0.25) is 0 Å². The van der Waals surface area contributed by atoms with Gasteiger partial charge in [0, 0.05) is 25.7 Å². The number of carbonyl (C=O) groups is 1. The minimum absolute atomic E-state index is 0.214. The third-order valence-corrected chi connectivity index (χ3v) is 3.65. The van der Waals surface area contributed by atoms with Crippen LogP contribution in [0.3, 0.4) is 0 Å². The number of nitrogens with zero attached hydrogens (tertiary/aromatic N) is 1. The van der Waals surface area contributed by atoms with Crippen LogP contribution in [0.1, 0.15) is 39.2 Å². The zero-order chi connectivity index (χ0) is 16.2. The predicted octanol–water partition coefficient (Wildman–Crippen LogP) is 3.31.